The Kier molecular flexibility index (Phi) is 5.14. The third-order valence-corrected chi connectivity index (χ3v) is 5.28. The van der Waals surface area contributed by atoms with E-state index in [2.05, 4.69) is 30.0 Å². The first-order valence-corrected chi connectivity index (χ1v) is 9.18. The normalized spacial score (nSPS) is 11.2. The molecule has 2 rings (SSSR count). The van der Waals surface area contributed by atoms with Crippen LogP contribution in [0.4, 0.5) is 5.13 Å². The van der Waals surface area contributed by atoms with Gasteiger partial charge in [-0.25, -0.2) is 13.2 Å². The lowest BCUT2D eigenvalue weighted by Crippen LogP contribution is -2.14. The van der Waals surface area contributed by atoms with Crippen LogP contribution in [0, 0.1) is 6.92 Å². The van der Waals surface area contributed by atoms with Crippen LogP contribution in [0.5, 0.6) is 0 Å². The van der Waals surface area contributed by atoms with Gasteiger partial charge < -0.3 is 4.74 Å². The minimum absolute atomic E-state index is 0.00497. The number of benzene rings is 1. The van der Waals surface area contributed by atoms with Crippen molar-refractivity contribution in [2.75, 3.05) is 11.3 Å². The van der Waals surface area contributed by atoms with Gasteiger partial charge in [-0.1, -0.05) is 15.9 Å². The molecule has 10 heteroatoms. The van der Waals surface area contributed by atoms with E-state index in [1.807, 2.05) is 0 Å². The summed E-state index contributed by atoms with van der Waals surface area (Å²) in [5.74, 6) is -0.860. The zero-order chi connectivity index (χ0) is 16.3. The number of aromatic nitrogens is 2. The maximum absolute atomic E-state index is 12.3. The average Bonchev–Trinajstić information content (AvgIpc) is 2.86. The molecule has 0 amide bonds. The zero-order valence-electron chi connectivity index (χ0n) is 11.7. The Bertz CT molecular complexity index is 804. The summed E-state index contributed by atoms with van der Waals surface area (Å²) >= 11 is 4.05. The molecule has 1 N–H and O–H groups in total. The number of aryl methyl sites for hydroxylation is 1. The van der Waals surface area contributed by atoms with E-state index in [0.29, 0.717) is 5.56 Å². The highest BCUT2D eigenvalue weighted by atomic mass is 79.9. The van der Waals surface area contributed by atoms with Gasteiger partial charge in [0.25, 0.3) is 15.8 Å². The SMILES string of the molecule is CCOC(=O)c1nsc(NS(=O)(=O)c2ccc(Br)cc2C)n1. The van der Waals surface area contributed by atoms with Gasteiger partial charge in [-0.3, -0.25) is 4.72 Å². The fraction of sp³-hybridized carbons (Fsp3) is 0.250. The van der Waals surface area contributed by atoms with Crippen molar-refractivity contribution in [1.29, 1.82) is 0 Å². The first-order valence-electron chi connectivity index (χ1n) is 6.13. The molecule has 0 fully saturated rings. The summed E-state index contributed by atoms with van der Waals surface area (Å²) in [6.07, 6.45) is 0. The number of anilines is 1. The van der Waals surface area contributed by atoms with E-state index in [9.17, 15) is 13.2 Å². The standard InChI is InChI=1S/C12H12BrN3O4S2/c1-3-20-11(17)10-14-12(21-15-10)16-22(18,19)9-5-4-8(13)6-7(9)2/h4-6H,3H2,1-2H3,(H,14,15,16). The van der Waals surface area contributed by atoms with E-state index in [0.717, 1.165) is 16.0 Å². The molecule has 1 aromatic heterocycles. The van der Waals surface area contributed by atoms with Gasteiger partial charge in [0.2, 0.25) is 5.13 Å². The van der Waals surface area contributed by atoms with Crippen LogP contribution in [0.25, 0.3) is 0 Å². The molecule has 0 aliphatic carbocycles. The van der Waals surface area contributed by atoms with Crippen molar-refractivity contribution >= 4 is 48.6 Å². The molecule has 2 aromatic rings. The number of carbonyl (C=O) groups excluding carboxylic acids is 1. The summed E-state index contributed by atoms with van der Waals surface area (Å²) in [7, 11) is -3.80. The van der Waals surface area contributed by atoms with Crippen molar-refractivity contribution in [3.8, 4) is 0 Å². The molecule has 1 aromatic carbocycles. The molecule has 1 heterocycles. The van der Waals surface area contributed by atoms with Crippen molar-refractivity contribution in [2.45, 2.75) is 18.7 Å². The molecule has 118 valence electrons. The van der Waals surface area contributed by atoms with E-state index in [4.69, 9.17) is 4.74 Å². The molecular formula is C12H12BrN3O4S2. The fourth-order valence-corrected chi connectivity index (χ4v) is 4.11. The average molecular weight is 406 g/mol. The van der Waals surface area contributed by atoms with Gasteiger partial charge in [-0.2, -0.15) is 9.36 Å². The van der Waals surface area contributed by atoms with Crippen molar-refractivity contribution in [3.63, 3.8) is 0 Å². The van der Waals surface area contributed by atoms with Gasteiger partial charge in [0.05, 0.1) is 11.5 Å². The van der Waals surface area contributed by atoms with Crippen molar-refractivity contribution < 1.29 is 17.9 Å². The van der Waals surface area contributed by atoms with Gasteiger partial charge in [0.1, 0.15) is 0 Å². The highest BCUT2D eigenvalue weighted by molar-refractivity contribution is 9.10. The molecule has 0 atom stereocenters. The Morgan fingerprint density at radius 3 is 2.82 bits per heavy atom. The van der Waals surface area contributed by atoms with Crippen LogP contribution in [-0.4, -0.2) is 30.4 Å². The molecule has 0 spiro atoms. The van der Waals surface area contributed by atoms with Crippen LogP contribution in [0.1, 0.15) is 23.1 Å². The Morgan fingerprint density at radius 2 is 2.18 bits per heavy atom. The molecule has 22 heavy (non-hydrogen) atoms. The van der Waals surface area contributed by atoms with E-state index in [-0.39, 0.29) is 22.5 Å². The van der Waals surface area contributed by atoms with Crippen LogP contribution < -0.4 is 4.72 Å². The van der Waals surface area contributed by atoms with Gasteiger partial charge in [0.15, 0.2) is 0 Å². The number of ether oxygens (including phenoxy) is 1. The summed E-state index contributed by atoms with van der Waals surface area (Å²) in [4.78, 5) is 15.4. The number of nitrogens with one attached hydrogen (secondary N) is 1. The predicted molar refractivity (Wildman–Crippen MR) is 85.6 cm³/mol. The minimum Gasteiger partial charge on any atom is -0.460 e. The third-order valence-electron chi connectivity index (χ3n) is 2.53. The number of sulfonamides is 1. The molecule has 0 saturated heterocycles. The number of esters is 1. The molecule has 0 aliphatic heterocycles. The molecule has 0 bridgehead atoms. The fourth-order valence-electron chi connectivity index (χ4n) is 1.63. The van der Waals surface area contributed by atoms with Crippen LogP contribution in [-0.2, 0) is 14.8 Å². The second-order valence-corrected chi connectivity index (χ2v) is 7.48. The molecule has 0 radical (unpaired) electrons. The number of carbonyl (C=O) groups is 1. The maximum Gasteiger partial charge on any atom is 0.377 e. The number of hydrogen-bond acceptors (Lipinski definition) is 7. The van der Waals surface area contributed by atoms with Crippen molar-refractivity contribution in [3.05, 3.63) is 34.1 Å². The molecular weight excluding hydrogens is 394 g/mol. The molecule has 0 aliphatic rings. The molecule has 0 saturated carbocycles. The van der Waals surface area contributed by atoms with Crippen LogP contribution in [0.3, 0.4) is 0 Å². The van der Waals surface area contributed by atoms with E-state index in [1.54, 1.807) is 26.0 Å². The lowest BCUT2D eigenvalue weighted by molar-refractivity contribution is 0.0514. The lowest BCUT2D eigenvalue weighted by Gasteiger charge is -2.08. The maximum atomic E-state index is 12.3. The number of nitrogens with zero attached hydrogens (tertiary/aromatic N) is 2. The highest BCUT2D eigenvalue weighted by Crippen LogP contribution is 2.23. The van der Waals surface area contributed by atoms with Gasteiger partial charge in [-0.05, 0) is 37.6 Å². The first-order chi connectivity index (χ1) is 10.3. The summed E-state index contributed by atoms with van der Waals surface area (Å²) < 4.78 is 36.3. The molecule has 0 unspecified atom stereocenters. The van der Waals surface area contributed by atoms with E-state index < -0.39 is 16.0 Å². The number of rotatable bonds is 5. The Balaban J connectivity index is 2.24. The van der Waals surface area contributed by atoms with Gasteiger partial charge >= 0.3 is 5.97 Å². The monoisotopic (exact) mass is 405 g/mol. The van der Waals surface area contributed by atoms with Gasteiger partial charge in [-0.15, -0.1) is 0 Å². The number of hydrogen-bond donors (Lipinski definition) is 1. The van der Waals surface area contributed by atoms with Crippen molar-refractivity contribution in [1.82, 2.24) is 9.36 Å². The molecule has 7 nitrogen and oxygen atoms in total. The number of halogens is 1. The highest BCUT2D eigenvalue weighted by Gasteiger charge is 2.21. The topological polar surface area (TPSA) is 98.2 Å². The summed E-state index contributed by atoms with van der Waals surface area (Å²) in [5, 5.41) is 0.00497. The summed E-state index contributed by atoms with van der Waals surface area (Å²) in [6.45, 7) is 3.53. The van der Waals surface area contributed by atoms with Crippen molar-refractivity contribution in [2.24, 2.45) is 0 Å². The summed E-state index contributed by atoms with van der Waals surface area (Å²) in [5.41, 5.74) is 0.581. The van der Waals surface area contributed by atoms with Crippen LogP contribution >= 0.6 is 27.5 Å². The lowest BCUT2D eigenvalue weighted by atomic mass is 10.2. The second-order valence-electron chi connectivity index (χ2n) is 4.16. The third kappa shape index (κ3) is 3.81. The minimum atomic E-state index is -3.80. The predicted octanol–water partition coefficient (Wildman–Crippen LogP) is 2.59. The van der Waals surface area contributed by atoms with E-state index >= 15 is 0 Å². The Hall–Kier alpha value is -1.52. The Morgan fingerprint density at radius 1 is 1.45 bits per heavy atom. The summed E-state index contributed by atoms with van der Waals surface area (Å²) in [6, 6.07) is 4.81. The quantitative estimate of drug-likeness (QED) is 0.767. The smallest absolute Gasteiger partial charge is 0.377 e. The van der Waals surface area contributed by atoms with Gasteiger partial charge in [0, 0.05) is 16.0 Å². The van der Waals surface area contributed by atoms with Crippen LogP contribution in [0.2, 0.25) is 0 Å². The Labute approximate surface area is 140 Å². The first kappa shape index (κ1) is 16.8. The van der Waals surface area contributed by atoms with Crippen LogP contribution in [0.15, 0.2) is 27.6 Å². The largest absolute Gasteiger partial charge is 0.460 e. The second kappa shape index (κ2) is 6.71. The van der Waals surface area contributed by atoms with E-state index in [1.165, 1.54) is 6.07 Å². The zero-order valence-corrected chi connectivity index (χ0v) is 14.9.